The molecule has 2 aromatic rings. The second-order valence-corrected chi connectivity index (χ2v) is 6.88. The van der Waals surface area contributed by atoms with Crippen molar-refractivity contribution in [1.82, 2.24) is 4.98 Å². The first-order valence-electron chi connectivity index (χ1n) is 5.37. The monoisotopic (exact) mass is 285 g/mol. The summed E-state index contributed by atoms with van der Waals surface area (Å²) in [6.45, 7) is 1.83. The van der Waals surface area contributed by atoms with Gasteiger partial charge < -0.3 is 0 Å². The molecule has 0 bridgehead atoms. The van der Waals surface area contributed by atoms with Crippen LogP contribution in [-0.2, 0) is 16.3 Å². The zero-order valence-electron chi connectivity index (χ0n) is 9.76. The zero-order valence-corrected chi connectivity index (χ0v) is 11.4. The fourth-order valence-corrected chi connectivity index (χ4v) is 3.85. The van der Waals surface area contributed by atoms with Gasteiger partial charge in [-0.25, -0.2) is 17.8 Å². The summed E-state index contributed by atoms with van der Waals surface area (Å²) >= 11 is 1.42. The van der Waals surface area contributed by atoms with Crippen LogP contribution in [0, 0.1) is 12.7 Å². The second-order valence-electron chi connectivity index (χ2n) is 3.86. The summed E-state index contributed by atoms with van der Waals surface area (Å²) < 4.78 is 37.4. The molecule has 0 N–H and O–H groups in total. The fourth-order valence-electron chi connectivity index (χ4n) is 1.60. The Hall–Kier alpha value is -1.27. The van der Waals surface area contributed by atoms with E-state index >= 15 is 0 Å². The Morgan fingerprint density at radius 3 is 2.67 bits per heavy atom. The van der Waals surface area contributed by atoms with Gasteiger partial charge in [0, 0.05) is 4.88 Å². The molecule has 0 saturated heterocycles. The first-order chi connectivity index (χ1) is 8.50. The molecule has 96 valence electrons. The summed E-state index contributed by atoms with van der Waals surface area (Å²) in [5, 5.41) is 0. The van der Waals surface area contributed by atoms with Gasteiger partial charge in [0.2, 0.25) is 0 Å². The Balaban J connectivity index is 2.19. The van der Waals surface area contributed by atoms with Crippen molar-refractivity contribution >= 4 is 21.2 Å². The largest absolute Gasteiger partial charge is 0.250 e. The Morgan fingerprint density at radius 2 is 2.06 bits per heavy atom. The Kier molecular flexibility index (Phi) is 3.77. The van der Waals surface area contributed by atoms with E-state index in [1.54, 1.807) is 5.51 Å². The van der Waals surface area contributed by atoms with Crippen LogP contribution in [0.3, 0.4) is 0 Å². The van der Waals surface area contributed by atoms with E-state index in [4.69, 9.17) is 0 Å². The van der Waals surface area contributed by atoms with Gasteiger partial charge in [-0.15, -0.1) is 11.3 Å². The van der Waals surface area contributed by atoms with E-state index in [1.165, 1.54) is 29.5 Å². The van der Waals surface area contributed by atoms with Crippen LogP contribution >= 0.6 is 11.3 Å². The van der Waals surface area contributed by atoms with Gasteiger partial charge in [-0.1, -0.05) is 12.1 Å². The fraction of sp³-hybridized carbons (Fsp3) is 0.250. The quantitative estimate of drug-likeness (QED) is 0.867. The summed E-state index contributed by atoms with van der Waals surface area (Å²) in [7, 11) is -3.58. The summed E-state index contributed by atoms with van der Waals surface area (Å²) in [5.41, 5.74) is 2.52. The minimum atomic E-state index is -3.58. The number of aromatic nitrogens is 1. The molecule has 0 aliphatic carbocycles. The van der Waals surface area contributed by atoms with Gasteiger partial charge in [0.15, 0.2) is 9.84 Å². The Labute approximate surface area is 109 Å². The molecule has 1 aromatic heterocycles. The highest BCUT2D eigenvalue weighted by molar-refractivity contribution is 7.91. The molecule has 2 rings (SSSR count). The molecule has 18 heavy (non-hydrogen) atoms. The first-order valence-corrected chi connectivity index (χ1v) is 7.90. The van der Waals surface area contributed by atoms with Gasteiger partial charge >= 0.3 is 0 Å². The van der Waals surface area contributed by atoms with Crippen molar-refractivity contribution < 1.29 is 12.8 Å². The van der Waals surface area contributed by atoms with Crippen LogP contribution in [-0.4, -0.2) is 19.2 Å². The number of aryl methyl sites for hydroxylation is 2. The van der Waals surface area contributed by atoms with Crippen LogP contribution in [0.1, 0.15) is 10.6 Å². The molecular weight excluding hydrogens is 273 g/mol. The van der Waals surface area contributed by atoms with Gasteiger partial charge in [0.25, 0.3) is 0 Å². The van der Waals surface area contributed by atoms with Gasteiger partial charge in [-0.2, -0.15) is 0 Å². The molecule has 0 atom stereocenters. The number of thiazole rings is 1. The van der Waals surface area contributed by atoms with E-state index in [0.717, 1.165) is 16.6 Å². The molecule has 6 heteroatoms. The maximum absolute atomic E-state index is 13.4. The molecule has 1 aromatic carbocycles. The Morgan fingerprint density at radius 1 is 1.33 bits per heavy atom. The molecule has 0 unspecified atom stereocenters. The minimum absolute atomic E-state index is 0.100. The lowest BCUT2D eigenvalue weighted by molar-refractivity contribution is 0.566. The number of sulfone groups is 1. The second kappa shape index (κ2) is 5.16. The maximum atomic E-state index is 13.4. The highest BCUT2D eigenvalue weighted by Gasteiger charge is 2.19. The molecule has 0 radical (unpaired) electrons. The van der Waals surface area contributed by atoms with Gasteiger partial charge in [0.05, 0.1) is 17.0 Å². The third-order valence-corrected chi connectivity index (χ3v) is 5.35. The number of benzene rings is 1. The van der Waals surface area contributed by atoms with Crippen LogP contribution in [0.5, 0.6) is 0 Å². The third-order valence-electron chi connectivity index (χ3n) is 2.61. The molecule has 0 amide bonds. The SMILES string of the molecule is Cc1ncsc1CCS(=O)(=O)c1ccccc1F. The van der Waals surface area contributed by atoms with Crippen molar-refractivity contribution in [3.05, 3.63) is 46.2 Å². The standard InChI is InChI=1S/C12H12FNO2S2/c1-9-11(17-8-14-9)6-7-18(15,16)12-5-3-2-4-10(12)13/h2-5,8H,6-7H2,1H3. The third kappa shape index (κ3) is 2.76. The molecule has 1 heterocycles. The van der Waals surface area contributed by atoms with Crippen LogP contribution in [0.25, 0.3) is 0 Å². The van der Waals surface area contributed by atoms with Gasteiger partial charge in [-0.05, 0) is 25.5 Å². The Bertz CT molecular complexity index is 650. The molecule has 0 fully saturated rings. The lowest BCUT2D eigenvalue weighted by atomic mass is 10.3. The normalized spacial score (nSPS) is 11.7. The number of nitrogens with zero attached hydrogens (tertiary/aromatic N) is 1. The van der Waals surface area contributed by atoms with Gasteiger partial charge in [0.1, 0.15) is 10.7 Å². The molecule has 0 aliphatic rings. The van der Waals surface area contributed by atoms with Crippen molar-refractivity contribution in [3.8, 4) is 0 Å². The molecule has 3 nitrogen and oxygen atoms in total. The van der Waals surface area contributed by atoms with E-state index < -0.39 is 15.7 Å². The van der Waals surface area contributed by atoms with Crippen molar-refractivity contribution in [2.24, 2.45) is 0 Å². The van der Waals surface area contributed by atoms with Crippen LogP contribution < -0.4 is 0 Å². The predicted octanol–water partition coefficient (Wildman–Crippen LogP) is 2.61. The summed E-state index contributed by atoms with van der Waals surface area (Å²) in [6.07, 6.45) is 0.368. The summed E-state index contributed by atoms with van der Waals surface area (Å²) in [6, 6.07) is 5.45. The summed E-state index contributed by atoms with van der Waals surface area (Å²) in [4.78, 5) is 4.75. The average Bonchev–Trinajstić information content (AvgIpc) is 2.73. The van der Waals surface area contributed by atoms with Crippen LogP contribution in [0.4, 0.5) is 4.39 Å². The van der Waals surface area contributed by atoms with E-state index in [2.05, 4.69) is 4.98 Å². The maximum Gasteiger partial charge on any atom is 0.181 e. The zero-order chi connectivity index (χ0) is 13.2. The number of hydrogen-bond donors (Lipinski definition) is 0. The van der Waals surface area contributed by atoms with E-state index in [9.17, 15) is 12.8 Å². The minimum Gasteiger partial charge on any atom is -0.250 e. The molecular formula is C12H12FNO2S2. The van der Waals surface area contributed by atoms with Crippen molar-refractivity contribution in [1.29, 1.82) is 0 Å². The molecule has 0 aliphatic heterocycles. The van der Waals surface area contributed by atoms with Crippen molar-refractivity contribution in [3.63, 3.8) is 0 Å². The average molecular weight is 285 g/mol. The topological polar surface area (TPSA) is 47.0 Å². The number of hydrogen-bond acceptors (Lipinski definition) is 4. The molecule has 0 saturated carbocycles. The predicted molar refractivity (Wildman–Crippen MR) is 69.0 cm³/mol. The van der Waals surface area contributed by atoms with E-state index in [-0.39, 0.29) is 10.6 Å². The lowest BCUT2D eigenvalue weighted by Gasteiger charge is -2.04. The highest BCUT2D eigenvalue weighted by Crippen LogP contribution is 2.19. The van der Waals surface area contributed by atoms with Crippen LogP contribution in [0.2, 0.25) is 0 Å². The van der Waals surface area contributed by atoms with Crippen LogP contribution in [0.15, 0.2) is 34.7 Å². The lowest BCUT2D eigenvalue weighted by Crippen LogP contribution is -2.10. The van der Waals surface area contributed by atoms with Crippen molar-refractivity contribution in [2.45, 2.75) is 18.2 Å². The highest BCUT2D eigenvalue weighted by atomic mass is 32.2. The molecule has 0 spiro atoms. The first kappa shape index (κ1) is 13.2. The summed E-state index contributed by atoms with van der Waals surface area (Å²) in [5.74, 6) is -0.796. The van der Waals surface area contributed by atoms with Crippen molar-refractivity contribution in [2.75, 3.05) is 5.75 Å². The van der Waals surface area contributed by atoms with E-state index in [0.29, 0.717) is 6.42 Å². The smallest absolute Gasteiger partial charge is 0.181 e. The van der Waals surface area contributed by atoms with E-state index in [1.807, 2.05) is 6.92 Å². The van der Waals surface area contributed by atoms with Gasteiger partial charge in [-0.3, -0.25) is 0 Å². The number of halogens is 1. The number of rotatable bonds is 4.